The summed E-state index contributed by atoms with van der Waals surface area (Å²) < 4.78 is 61.9. The van der Waals surface area contributed by atoms with Crippen molar-refractivity contribution in [1.82, 2.24) is 9.55 Å². The summed E-state index contributed by atoms with van der Waals surface area (Å²) in [6.07, 6.45) is -5.89. The number of esters is 3. The molecule has 1 aromatic heterocycles. The zero-order valence-corrected chi connectivity index (χ0v) is 26.5. The number of halogens is 1. The van der Waals surface area contributed by atoms with Gasteiger partial charge in [0, 0.05) is 20.3 Å². The van der Waals surface area contributed by atoms with Gasteiger partial charge in [0.15, 0.2) is 18.1 Å². The molecule has 3 aliphatic heterocycles. The molecule has 4 heterocycles. The van der Waals surface area contributed by atoms with Crippen molar-refractivity contribution in [3.05, 3.63) is 32.9 Å². The van der Waals surface area contributed by atoms with Gasteiger partial charge in [0.05, 0.1) is 19.9 Å². The summed E-state index contributed by atoms with van der Waals surface area (Å²) in [5.41, 5.74) is -2.12. The van der Waals surface area contributed by atoms with Crippen LogP contribution < -0.4 is 11.2 Å². The van der Waals surface area contributed by atoms with Crippen LogP contribution in [0.2, 0.25) is 0 Å². The first kappa shape index (κ1) is 34.7. The van der Waals surface area contributed by atoms with Crippen LogP contribution in [0, 0.1) is 17.7 Å². The molecule has 0 amide bonds. The van der Waals surface area contributed by atoms with Gasteiger partial charge in [0.2, 0.25) is 5.82 Å². The van der Waals surface area contributed by atoms with E-state index in [0.29, 0.717) is 0 Å². The monoisotopic (exact) mass is 644 g/mol. The van der Waals surface area contributed by atoms with Gasteiger partial charge < -0.3 is 37.9 Å². The zero-order valence-electron chi connectivity index (χ0n) is 26.5. The van der Waals surface area contributed by atoms with E-state index in [2.05, 4.69) is 0 Å². The summed E-state index contributed by atoms with van der Waals surface area (Å²) in [5.74, 6) is -7.01. The van der Waals surface area contributed by atoms with E-state index in [4.69, 9.17) is 37.9 Å². The lowest BCUT2D eigenvalue weighted by molar-refractivity contribution is -0.319. The molecule has 10 atom stereocenters. The van der Waals surface area contributed by atoms with Crippen molar-refractivity contribution in [3.8, 4) is 0 Å². The molecule has 0 aromatic carbocycles. The fourth-order valence-corrected chi connectivity index (χ4v) is 6.14. The molecule has 0 radical (unpaired) electrons. The van der Waals surface area contributed by atoms with Crippen LogP contribution in [-0.4, -0.2) is 89.4 Å². The highest BCUT2D eigenvalue weighted by molar-refractivity contribution is 5.78. The largest absolute Gasteiger partial charge is 0.465 e. The Labute approximate surface area is 258 Å². The van der Waals surface area contributed by atoms with Crippen LogP contribution in [0.4, 0.5) is 4.39 Å². The zero-order chi connectivity index (χ0) is 33.4. The smallest absolute Gasteiger partial charge is 0.366 e. The van der Waals surface area contributed by atoms with Gasteiger partial charge in [-0.15, -0.1) is 0 Å². The maximum atomic E-state index is 14.2. The Balaban J connectivity index is 1.66. The lowest BCUT2D eigenvalue weighted by Gasteiger charge is -2.47. The van der Waals surface area contributed by atoms with Gasteiger partial charge >= 0.3 is 23.6 Å². The number of aromatic nitrogens is 2. The third-order valence-electron chi connectivity index (χ3n) is 8.35. The first-order valence-electron chi connectivity index (χ1n) is 14.8. The molecule has 3 fully saturated rings. The van der Waals surface area contributed by atoms with Crippen LogP contribution in [0.3, 0.4) is 0 Å². The number of nitrogens with zero attached hydrogens (tertiary/aromatic N) is 1. The minimum atomic E-state index is -2.02. The summed E-state index contributed by atoms with van der Waals surface area (Å²) in [6.45, 7) is 10.9. The van der Waals surface area contributed by atoms with E-state index >= 15 is 0 Å². The molecule has 15 nitrogen and oxygen atoms in total. The second kappa shape index (κ2) is 13.3. The van der Waals surface area contributed by atoms with Crippen LogP contribution in [0.25, 0.3) is 0 Å². The van der Waals surface area contributed by atoms with Crippen LogP contribution in [-0.2, 0) is 52.3 Å². The lowest BCUT2D eigenvalue weighted by Crippen LogP contribution is -2.60. The molecular weight excluding hydrogens is 603 g/mol. The third-order valence-corrected chi connectivity index (χ3v) is 8.35. The molecule has 1 N–H and O–H groups in total. The normalized spacial score (nSPS) is 33.6. The molecule has 4 rings (SSSR count). The fourth-order valence-electron chi connectivity index (χ4n) is 6.14. The Morgan fingerprint density at radius 1 is 1.09 bits per heavy atom. The van der Waals surface area contributed by atoms with Crippen molar-refractivity contribution >= 4 is 17.9 Å². The average Bonchev–Trinajstić information content (AvgIpc) is 3.45. The van der Waals surface area contributed by atoms with Gasteiger partial charge in [-0.25, -0.2) is 9.59 Å². The van der Waals surface area contributed by atoms with Crippen molar-refractivity contribution < 1.29 is 56.7 Å². The molecule has 0 bridgehead atoms. The molecule has 45 heavy (non-hydrogen) atoms. The van der Waals surface area contributed by atoms with E-state index < -0.39 is 89.4 Å². The molecule has 16 heteroatoms. The van der Waals surface area contributed by atoms with Gasteiger partial charge in [-0.1, -0.05) is 20.8 Å². The fraction of sp³-hybridized carbons (Fsp3) is 0.759. The number of hydrogen-bond acceptors (Lipinski definition) is 13. The summed E-state index contributed by atoms with van der Waals surface area (Å²) in [4.78, 5) is 63.6. The minimum absolute atomic E-state index is 0.0339. The van der Waals surface area contributed by atoms with Crippen LogP contribution >= 0.6 is 0 Å². The van der Waals surface area contributed by atoms with Gasteiger partial charge in [-0.2, -0.15) is 4.39 Å². The number of fused-ring (bicyclic) bond motifs is 1. The van der Waals surface area contributed by atoms with Crippen molar-refractivity contribution in [1.29, 1.82) is 0 Å². The van der Waals surface area contributed by atoms with E-state index in [9.17, 15) is 28.4 Å². The number of H-pyrrole nitrogens is 1. The Hall–Kier alpha value is -3.18. The third kappa shape index (κ3) is 7.14. The van der Waals surface area contributed by atoms with Crippen LogP contribution in [0.1, 0.15) is 67.5 Å². The second-order valence-electron chi connectivity index (χ2n) is 12.1. The van der Waals surface area contributed by atoms with Gasteiger partial charge in [0.1, 0.15) is 30.5 Å². The Morgan fingerprint density at radius 2 is 1.73 bits per heavy atom. The van der Waals surface area contributed by atoms with E-state index in [1.54, 1.807) is 20.8 Å². The SMILES string of the molecule is CC[C@@H](OC(C)=O)[C@@H](OC(C)=O)C1OC(OC[C@H]2O[C@@H](n3cc(F)c(=O)[nH]c3=O)C3OC(C)(C)O[C@H]32)(C(=O)OC)C[C@H](C)[C@H]1C. The van der Waals surface area contributed by atoms with Crippen molar-refractivity contribution in [2.24, 2.45) is 11.8 Å². The summed E-state index contributed by atoms with van der Waals surface area (Å²) in [5, 5.41) is 0. The van der Waals surface area contributed by atoms with Crippen molar-refractivity contribution in [2.75, 3.05) is 13.7 Å². The lowest BCUT2D eigenvalue weighted by atomic mass is 9.79. The number of nitrogens with one attached hydrogen (secondary N) is 1. The number of hydrogen-bond donors (Lipinski definition) is 1. The van der Waals surface area contributed by atoms with Gasteiger partial charge in [-0.3, -0.25) is 23.9 Å². The number of carbonyl (C=O) groups excluding carboxylic acids is 3. The molecule has 0 spiro atoms. The predicted octanol–water partition coefficient (Wildman–Crippen LogP) is 1.31. The molecule has 3 unspecified atom stereocenters. The highest BCUT2D eigenvalue weighted by atomic mass is 19.1. The minimum Gasteiger partial charge on any atom is -0.465 e. The van der Waals surface area contributed by atoms with E-state index in [1.165, 1.54) is 13.8 Å². The van der Waals surface area contributed by atoms with Crippen molar-refractivity contribution in [3.63, 3.8) is 0 Å². The number of methoxy groups -OCH3 is 1. The second-order valence-corrected chi connectivity index (χ2v) is 12.1. The molecule has 0 saturated carbocycles. The summed E-state index contributed by atoms with van der Waals surface area (Å²) >= 11 is 0. The first-order chi connectivity index (χ1) is 21.0. The molecule has 3 aliphatic rings. The first-order valence-corrected chi connectivity index (χ1v) is 14.8. The molecule has 1 aromatic rings. The van der Waals surface area contributed by atoms with E-state index in [1.807, 2.05) is 18.8 Å². The summed E-state index contributed by atoms with van der Waals surface area (Å²) in [7, 11) is 1.16. The van der Waals surface area contributed by atoms with Crippen LogP contribution in [0.15, 0.2) is 15.8 Å². The number of ether oxygens (including phenoxy) is 8. The molecule has 252 valence electrons. The standard InChI is InChI=1S/C29H41FN2O13/c1-9-18(40-15(4)33)21(41-16(5)34)20-14(3)13(2)10-29(45-20,26(36)38-8)39-12-19-22-23(44-28(6,7)43-22)25(42-19)32-11-17(30)24(35)31-27(32)37/h11,13-14,18-23,25H,9-10,12H2,1-8H3,(H,31,35,37)/t13-,14+,18+,19+,20?,21+,22-,23?,25+,29?/m0/s1. The Morgan fingerprint density at radius 3 is 2.33 bits per heavy atom. The predicted molar refractivity (Wildman–Crippen MR) is 149 cm³/mol. The maximum absolute atomic E-state index is 14.2. The highest BCUT2D eigenvalue weighted by Crippen LogP contribution is 2.45. The number of rotatable bonds is 10. The maximum Gasteiger partial charge on any atom is 0.366 e. The van der Waals surface area contributed by atoms with E-state index in [0.717, 1.165) is 17.9 Å². The molecular formula is C29H41FN2O13. The quantitative estimate of drug-likeness (QED) is 0.285. The molecule has 3 saturated heterocycles. The number of carbonyl (C=O) groups is 3. The number of aromatic amines is 1. The highest BCUT2D eigenvalue weighted by Gasteiger charge is 2.59. The van der Waals surface area contributed by atoms with Crippen molar-refractivity contribution in [2.45, 2.75) is 116 Å². The van der Waals surface area contributed by atoms with Crippen LogP contribution in [0.5, 0.6) is 0 Å². The Kier molecular flexibility index (Phi) is 10.2. The topological polar surface area (TPSA) is 180 Å². The van der Waals surface area contributed by atoms with Gasteiger partial charge in [-0.05, 0) is 32.1 Å². The summed E-state index contributed by atoms with van der Waals surface area (Å²) in [6, 6.07) is 0. The van der Waals surface area contributed by atoms with E-state index in [-0.39, 0.29) is 31.3 Å². The Bertz CT molecular complexity index is 1390. The van der Waals surface area contributed by atoms with Gasteiger partial charge in [0.25, 0.3) is 11.3 Å². The average molecular weight is 645 g/mol. The molecule has 0 aliphatic carbocycles.